The van der Waals surface area contributed by atoms with Gasteiger partial charge in [-0.3, -0.25) is 0 Å². The zero-order valence-electron chi connectivity index (χ0n) is 29.8. The summed E-state index contributed by atoms with van der Waals surface area (Å²) in [5, 5.41) is 0. The maximum absolute atomic E-state index is 3.36. The third-order valence-electron chi connectivity index (χ3n) is 1.33. The van der Waals surface area contributed by atoms with Crippen LogP contribution in [0.1, 0.15) is 138 Å². The first kappa shape index (κ1) is 76.5. The summed E-state index contributed by atoms with van der Waals surface area (Å²) in [5.41, 5.74) is 0. The standard InChI is InChI=1S/4C4H8.4C3H6.4C2H6/c4*1-3-4-2;4*1-3-2;4*1-2/h4*3-4H,1-2H3;4*3H,1H2,2H3;4*1-2H3. The average molecular weight is 513 g/mol. The summed E-state index contributed by atoms with van der Waals surface area (Å²) >= 11 is 0. The molecule has 0 heterocycles. The maximum atomic E-state index is 3.36. The molecular formula is C36H80. The first-order valence-corrected chi connectivity index (χ1v) is 13.9. The molecule has 0 amide bonds. The van der Waals surface area contributed by atoms with Crippen LogP contribution in [0.25, 0.3) is 0 Å². The van der Waals surface area contributed by atoms with E-state index in [-0.39, 0.29) is 0 Å². The van der Waals surface area contributed by atoms with E-state index in [2.05, 4.69) is 26.3 Å². The Hall–Kier alpha value is -2.08. The van der Waals surface area contributed by atoms with Crippen molar-refractivity contribution < 1.29 is 0 Å². The molecule has 36 heavy (non-hydrogen) atoms. The predicted molar refractivity (Wildman–Crippen MR) is 191 cm³/mol. The van der Waals surface area contributed by atoms with E-state index in [1.165, 1.54) is 0 Å². The third-order valence-corrected chi connectivity index (χ3v) is 1.33. The van der Waals surface area contributed by atoms with Gasteiger partial charge in [-0.2, -0.15) is 0 Å². The van der Waals surface area contributed by atoms with Crippen molar-refractivity contribution in [1.29, 1.82) is 0 Å². The molecule has 0 radical (unpaired) electrons. The van der Waals surface area contributed by atoms with Gasteiger partial charge < -0.3 is 0 Å². The summed E-state index contributed by atoms with van der Waals surface area (Å²) in [4.78, 5) is 0. The SMILES string of the molecule is C=CC.C=CC.C=CC.C=CC.CC.CC.CC.CC.CC=CC.CC=CC.CC=CC.CC=CC. The molecule has 0 N–H and O–H groups in total. The molecule has 0 aromatic heterocycles. The highest BCUT2D eigenvalue weighted by molar-refractivity contribution is 4.69. The Morgan fingerprint density at radius 2 is 0.250 bits per heavy atom. The van der Waals surface area contributed by atoms with Crippen LogP contribution in [0.4, 0.5) is 0 Å². The molecule has 0 aliphatic rings. The van der Waals surface area contributed by atoms with Crippen molar-refractivity contribution in [2.75, 3.05) is 0 Å². The molecule has 0 aliphatic carbocycles. The zero-order valence-corrected chi connectivity index (χ0v) is 29.8. The van der Waals surface area contributed by atoms with Crippen LogP contribution in [0.5, 0.6) is 0 Å². The van der Waals surface area contributed by atoms with E-state index in [0.717, 1.165) is 0 Å². The van der Waals surface area contributed by atoms with E-state index in [4.69, 9.17) is 0 Å². The second-order valence-corrected chi connectivity index (χ2v) is 4.30. The molecule has 0 saturated carbocycles. The monoisotopic (exact) mass is 513 g/mol. The Morgan fingerprint density at radius 1 is 0.222 bits per heavy atom. The number of hydrogen-bond acceptors (Lipinski definition) is 0. The van der Waals surface area contributed by atoms with Gasteiger partial charge >= 0.3 is 0 Å². The molecule has 0 aromatic carbocycles. The maximum Gasteiger partial charge on any atom is -0.0470 e. The van der Waals surface area contributed by atoms with E-state index in [9.17, 15) is 0 Å². The molecule has 0 saturated heterocycles. The van der Waals surface area contributed by atoms with Gasteiger partial charge in [-0.15, -0.1) is 26.3 Å². The smallest absolute Gasteiger partial charge is 0.0470 e. The van der Waals surface area contributed by atoms with Crippen LogP contribution in [0.15, 0.2) is 99.2 Å². The molecule has 0 unspecified atom stereocenters. The van der Waals surface area contributed by atoms with Crippen LogP contribution in [-0.2, 0) is 0 Å². The van der Waals surface area contributed by atoms with Crippen molar-refractivity contribution in [3.8, 4) is 0 Å². The van der Waals surface area contributed by atoms with Gasteiger partial charge in [0.2, 0.25) is 0 Å². The number of rotatable bonds is 0. The van der Waals surface area contributed by atoms with Crippen LogP contribution in [-0.4, -0.2) is 0 Å². The molecule has 0 atom stereocenters. The van der Waals surface area contributed by atoms with Crippen LogP contribution >= 0.6 is 0 Å². The lowest BCUT2D eigenvalue weighted by Gasteiger charge is -1.49. The van der Waals surface area contributed by atoms with Crippen LogP contribution < -0.4 is 0 Å². The molecule has 0 nitrogen and oxygen atoms in total. The molecule has 0 aliphatic heterocycles. The Kier molecular flexibility index (Phi) is 724. The van der Waals surface area contributed by atoms with Crippen LogP contribution in [0.2, 0.25) is 0 Å². The minimum absolute atomic E-state index is 1.75. The lowest BCUT2D eigenvalue weighted by molar-refractivity contribution is 1.50. The molecule has 0 bridgehead atoms. The van der Waals surface area contributed by atoms with E-state index in [1.807, 2.05) is 187 Å². The predicted octanol–water partition coefficient (Wildman–Crippen LogP) is 15.2. The Balaban J connectivity index is -0.0000000176. The van der Waals surface area contributed by atoms with Crippen molar-refractivity contribution in [1.82, 2.24) is 0 Å². The molecule has 0 rings (SSSR count). The second kappa shape index (κ2) is 341. The van der Waals surface area contributed by atoms with Gasteiger partial charge in [-0.25, -0.2) is 0 Å². The van der Waals surface area contributed by atoms with E-state index >= 15 is 0 Å². The van der Waals surface area contributed by atoms with Gasteiger partial charge in [0.1, 0.15) is 0 Å². The average Bonchev–Trinajstić information content (AvgIpc) is 2.95. The topological polar surface area (TPSA) is 0 Å². The minimum Gasteiger partial charge on any atom is -0.103 e. The van der Waals surface area contributed by atoms with E-state index in [0.29, 0.717) is 0 Å². The number of allylic oxidation sites excluding steroid dienone is 12. The van der Waals surface area contributed by atoms with Crippen molar-refractivity contribution in [2.45, 2.75) is 138 Å². The van der Waals surface area contributed by atoms with Crippen LogP contribution in [0.3, 0.4) is 0 Å². The lowest BCUT2D eigenvalue weighted by atomic mass is 10.6. The highest BCUT2D eigenvalue weighted by atomic mass is 13.4. The van der Waals surface area contributed by atoms with Gasteiger partial charge in [0.15, 0.2) is 0 Å². The van der Waals surface area contributed by atoms with Gasteiger partial charge in [-0.1, -0.05) is 128 Å². The van der Waals surface area contributed by atoms with Crippen LogP contribution in [0, 0.1) is 0 Å². The molecule has 0 aromatic rings. The quantitative estimate of drug-likeness (QED) is 0.283. The van der Waals surface area contributed by atoms with Crippen molar-refractivity contribution in [3.63, 3.8) is 0 Å². The fourth-order valence-corrected chi connectivity index (χ4v) is 0. The molecular weight excluding hydrogens is 432 g/mol. The summed E-state index contributed by atoms with van der Waals surface area (Å²) < 4.78 is 0. The number of hydrogen-bond donors (Lipinski definition) is 0. The Morgan fingerprint density at radius 3 is 0.250 bits per heavy atom. The summed E-state index contributed by atoms with van der Waals surface area (Å²) in [6.45, 7) is 53.0. The summed E-state index contributed by atoms with van der Waals surface area (Å²) in [6.07, 6.45) is 23.0. The molecule has 0 spiro atoms. The Labute approximate surface area is 237 Å². The largest absolute Gasteiger partial charge is 0.103 e. The highest BCUT2D eigenvalue weighted by Gasteiger charge is 1.35. The van der Waals surface area contributed by atoms with Gasteiger partial charge in [0, 0.05) is 0 Å². The van der Waals surface area contributed by atoms with Crippen molar-refractivity contribution >= 4 is 0 Å². The summed E-state index contributed by atoms with van der Waals surface area (Å²) in [5.74, 6) is 0. The normalized spacial score (nSPS) is 6.33. The summed E-state index contributed by atoms with van der Waals surface area (Å²) in [6, 6.07) is 0. The van der Waals surface area contributed by atoms with Gasteiger partial charge in [0.05, 0.1) is 0 Å². The second-order valence-electron chi connectivity index (χ2n) is 4.30. The molecule has 0 heteroatoms. The first-order valence-electron chi connectivity index (χ1n) is 13.9. The van der Waals surface area contributed by atoms with E-state index in [1.54, 1.807) is 24.3 Å². The Bertz CT molecular complexity index is 216. The van der Waals surface area contributed by atoms with Gasteiger partial charge in [0.25, 0.3) is 0 Å². The summed E-state index contributed by atoms with van der Waals surface area (Å²) in [7, 11) is 0. The highest BCUT2D eigenvalue weighted by Crippen LogP contribution is 1.58. The third kappa shape index (κ3) is 8280. The van der Waals surface area contributed by atoms with Crippen molar-refractivity contribution in [3.05, 3.63) is 99.2 Å². The fraction of sp³-hybridized carbons (Fsp3) is 0.556. The molecule has 224 valence electrons. The molecule has 0 fully saturated rings. The zero-order chi connectivity index (χ0) is 32.5. The minimum atomic E-state index is 1.75. The van der Waals surface area contributed by atoms with E-state index < -0.39 is 0 Å². The lowest BCUT2D eigenvalue weighted by Crippen LogP contribution is -1.26. The van der Waals surface area contributed by atoms with Crippen molar-refractivity contribution in [2.24, 2.45) is 0 Å². The first-order chi connectivity index (χ1) is 17.3. The van der Waals surface area contributed by atoms with Gasteiger partial charge in [-0.05, 0) is 83.1 Å². The fourth-order valence-electron chi connectivity index (χ4n) is 0.